The Morgan fingerprint density at radius 3 is 2.46 bits per heavy atom. The van der Waals surface area contributed by atoms with Crippen LogP contribution in [0.1, 0.15) is 20.3 Å². The van der Waals surface area contributed by atoms with Crippen molar-refractivity contribution in [2.75, 3.05) is 13.2 Å². The SMILES string of the molecule is C=C(C)COCC[Si](Cl)(Cl)CCC. The van der Waals surface area contributed by atoms with E-state index >= 15 is 0 Å². The third kappa shape index (κ3) is 8.82. The number of hydrogen-bond acceptors (Lipinski definition) is 1. The van der Waals surface area contributed by atoms with Crippen LogP contribution in [0.25, 0.3) is 0 Å². The first-order valence-corrected chi connectivity index (χ1v) is 9.01. The van der Waals surface area contributed by atoms with Crippen molar-refractivity contribution < 1.29 is 4.74 Å². The Balaban J connectivity index is 3.45. The zero-order chi connectivity index (χ0) is 10.3. The molecular formula is C9H18Cl2OSi. The Kier molecular flexibility index (Phi) is 7.14. The summed E-state index contributed by atoms with van der Waals surface area (Å²) in [5.74, 6) is 0. The molecule has 0 rings (SSSR count). The summed E-state index contributed by atoms with van der Waals surface area (Å²) < 4.78 is 5.34. The van der Waals surface area contributed by atoms with Crippen LogP contribution >= 0.6 is 22.2 Å². The standard InChI is InChI=1S/C9H18Cl2OSi/c1-4-6-13(10,11)7-5-12-8-9(2)3/h2,4-8H2,1,3H3. The summed E-state index contributed by atoms with van der Waals surface area (Å²) in [5, 5.41) is 0. The van der Waals surface area contributed by atoms with Gasteiger partial charge in [-0.25, -0.2) is 0 Å². The molecule has 78 valence electrons. The predicted octanol–water partition coefficient (Wildman–Crippen LogP) is 3.91. The van der Waals surface area contributed by atoms with Gasteiger partial charge in [-0.05, 0) is 19.0 Å². The van der Waals surface area contributed by atoms with Gasteiger partial charge < -0.3 is 4.74 Å². The van der Waals surface area contributed by atoms with Crippen LogP contribution in [0.2, 0.25) is 12.1 Å². The van der Waals surface area contributed by atoms with Gasteiger partial charge in [-0.2, -0.15) is 0 Å². The fourth-order valence-corrected chi connectivity index (χ4v) is 3.98. The Labute approximate surface area is 91.5 Å². The van der Waals surface area contributed by atoms with Crippen molar-refractivity contribution in [1.82, 2.24) is 0 Å². The molecule has 13 heavy (non-hydrogen) atoms. The Hall–Kier alpha value is 0.497. The van der Waals surface area contributed by atoms with Gasteiger partial charge in [0.15, 0.2) is 0 Å². The van der Waals surface area contributed by atoms with Crippen molar-refractivity contribution in [2.45, 2.75) is 32.4 Å². The average molecular weight is 241 g/mol. The summed E-state index contributed by atoms with van der Waals surface area (Å²) in [5.41, 5.74) is 1.03. The number of hydrogen-bond donors (Lipinski definition) is 0. The van der Waals surface area contributed by atoms with Crippen LogP contribution in [-0.2, 0) is 4.74 Å². The largest absolute Gasteiger partial charge is 0.377 e. The summed E-state index contributed by atoms with van der Waals surface area (Å²) in [6, 6.07) is 1.77. The van der Waals surface area contributed by atoms with Gasteiger partial charge in [-0.15, -0.1) is 22.2 Å². The van der Waals surface area contributed by atoms with E-state index in [9.17, 15) is 0 Å². The van der Waals surface area contributed by atoms with Gasteiger partial charge >= 0.3 is 0 Å². The first-order chi connectivity index (χ1) is 5.98. The maximum absolute atomic E-state index is 6.15. The lowest BCUT2D eigenvalue weighted by molar-refractivity contribution is 0.170. The van der Waals surface area contributed by atoms with E-state index in [1.165, 1.54) is 0 Å². The number of halogens is 2. The van der Waals surface area contributed by atoms with Gasteiger partial charge in [-0.3, -0.25) is 0 Å². The molecule has 0 heterocycles. The van der Waals surface area contributed by atoms with Crippen molar-refractivity contribution >= 4 is 28.9 Å². The molecule has 0 aromatic rings. The first-order valence-electron chi connectivity index (χ1n) is 4.58. The minimum atomic E-state index is -1.99. The van der Waals surface area contributed by atoms with Gasteiger partial charge in [-0.1, -0.05) is 25.5 Å². The summed E-state index contributed by atoms with van der Waals surface area (Å²) in [6.07, 6.45) is 1.06. The molecule has 0 aromatic carbocycles. The second kappa shape index (κ2) is 6.88. The molecule has 0 bridgehead atoms. The lowest BCUT2D eigenvalue weighted by atomic mass is 10.4. The molecule has 4 heteroatoms. The van der Waals surface area contributed by atoms with Crippen LogP contribution in [-0.4, -0.2) is 19.9 Å². The molecule has 0 fully saturated rings. The van der Waals surface area contributed by atoms with Crippen LogP contribution in [0, 0.1) is 0 Å². The molecule has 0 aliphatic rings. The summed E-state index contributed by atoms with van der Waals surface area (Å²) in [6.45, 7) is 7.08. The van der Waals surface area contributed by atoms with E-state index in [-0.39, 0.29) is 0 Å². The van der Waals surface area contributed by atoms with Crippen LogP contribution < -0.4 is 0 Å². The first kappa shape index (κ1) is 13.5. The molecule has 0 unspecified atom stereocenters. The highest BCUT2D eigenvalue weighted by atomic mass is 35.7. The minimum Gasteiger partial charge on any atom is -0.377 e. The normalized spacial score (nSPS) is 11.7. The summed E-state index contributed by atoms with van der Waals surface area (Å²) >= 11 is 12.3. The van der Waals surface area contributed by atoms with E-state index in [0.717, 1.165) is 24.1 Å². The monoisotopic (exact) mass is 240 g/mol. The number of ether oxygens (including phenoxy) is 1. The lowest BCUT2D eigenvalue weighted by Gasteiger charge is -2.15. The Morgan fingerprint density at radius 2 is 2.00 bits per heavy atom. The molecule has 0 amide bonds. The zero-order valence-corrected chi connectivity index (χ0v) is 10.9. The Morgan fingerprint density at radius 1 is 1.38 bits per heavy atom. The van der Waals surface area contributed by atoms with E-state index < -0.39 is 6.69 Å². The molecule has 0 aliphatic heterocycles. The smallest absolute Gasteiger partial charge is 0.253 e. The molecule has 0 saturated heterocycles. The van der Waals surface area contributed by atoms with Gasteiger partial charge in [0.2, 0.25) is 0 Å². The van der Waals surface area contributed by atoms with Crippen molar-refractivity contribution in [3.8, 4) is 0 Å². The quantitative estimate of drug-likeness (QED) is 0.284. The molecule has 0 saturated carbocycles. The second-order valence-electron chi connectivity index (χ2n) is 3.37. The van der Waals surface area contributed by atoms with E-state index in [1.807, 2.05) is 6.92 Å². The van der Waals surface area contributed by atoms with Crippen LogP contribution in [0.4, 0.5) is 0 Å². The zero-order valence-electron chi connectivity index (χ0n) is 8.41. The van der Waals surface area contributed by atoms with Crippen molar-refractivity contribution in [1.29, 1.82) is 0 Å². The molecule has 0 N–H and O–H groups in total. The van der Waals surface area contributed by atoms with Crippen molar-refractivity contribution in [2.24, 2.45) is 0 Å². The highest BCUT2D eigenvalue weighted by molar-refractivity contribution is 7.45. The van der Waals surface area contributed by atoms with Crippen LogP contribution in [0.3, 0.4) is 0 Å². The van der Waals surface area contributed by atoms with Crippen molar-refractivity contribution in [3.05, 3.63) is 12.2 Å². The van der Waals surface area contributed by atoms with Gasteiger partial charge in [0, 0.05) is 6.61 Å². The van der Waals surface area contributed by atoms with E-state index in [2.05, 4.69) is 13.5 Å². The number of rotatable bonds is 7. The fraction of sp³-hybridized carbons (Fsp3) is 0.778. The Bertz CT molecular complexity index is 160. The topological polar surface area (TPSA) is 9.23 Å². The van der Waals surface area contributed by atoms with E-state index in [0.29, 0.717) is 13.2 Å². The summed E-state index contributed by atoms with van der Waals surface area (Å²) in [7, 11) is 0. The van der Waals surface area contributed by atoms with Crippen LogP contribution in [0.15, 0.2) is 12.2 Å². The average Bonchev–Trinajstić information content (AvgIpc) is 1.98. The molecule has 1 nitrogen and oxygen atoms in total. The van der Waals surface area contributed by atoms with Gasteiger partial charge in [0.05, 0.1) is 6.61 Å². The minimum absolute atomic E-state index is 0.615. The molecule has 0 spiro atoms. The lowest BCUT2D eigenvalue weighted by Crippen LogP contribution is -2.20. The fourth-order valence-electron chi connectivity index (χ4n) is 0.959. The van der Waals surface area contributed by atoms with E-state index in [4.69, 9.17) is 26.9 Å². The van der Waals surface area contributed by atoms with Gasteiger partial charge in [0.25, 0.3) is 6.69 Å². The van der Waals surface area contributed by atoms with E-state index in [1.54, 1.807) is 0 Å². The maximum Gasteiger partial charge on any atom is 0.253 e. The predicted molar refractivity (Wildman–Crippen MR) is 63.0 cm³/mol. The third-order valence-electron chi connectivity index (χ3n) is 1.58. The molecule has 0 aromatic heterocycles. The molecule has 0 radical (unpaired) electrons. The second-order valence-corrected chi connectivity index (χ2v) is 11.0. The molecule has 0 aliphatic carbocycles. The molecule has 0 atom stereocenters. The van der Waals surface area contributed by atoms with Crippen LogP contribution in [0.5, 0.6) is 0 Å². The highest BCUT2D eigenvalue weighted by Gasteiger charge is 2.26. The van der Waals surface area contributed by atoms with Crippen molar-refractivity contribution in [3.63, 3.8) is 0 Å². The summed E-state index contributed by atoms with van der Waals surface area (Å²) in [4.78, 5) is 0. The maximum atomic E-state index is 6.15. The molecular weight excluding hydrogens is 223 g/mol. The third-order valence-corrected chi connectivity index (χ3v) is 6.01. The van der Waals surface area contributed by atoms with Gasteiger partial charge in [0.1, 0.15) is 0 Å². The highest BCUT2D eigenvalue weighted by Crippen LogP contribution is 2.26.